The third kappa shape index (κ3) is 9.73. The zero-order valence-corrected chi connectivity index (χ0v) is 18.6. The molecule has 1 saturated heterocycles. The van der Waals surface area contributed by atoms with Crippen molar-refractivity contribution in [2.24, 2.45) is 0 Å². The molecule has 0 aliphatic carbocycles. The van der Waals surface area contributed by atoms with E-state index in [4.69, 9.17) is 18.9 Å². The van der Waals surface area contributed by atoms with Crippen molar-refractivity contribution in [3.05, 3.63) is 24.3 Å². The first-order valence-corrected chi connectivity index (χ1v) is 11.2. The molecule has 2 N–H and O–H groups in total. The van der Waals surface area contributed by atoms with E-state index < -0.39 is 24.1 Å². The first-order valence-electron chi connectivity index (χ1n) is 11.2. The number of rotatable bonds is 17. The van der Waals surface area contributed by atoms with Gasteiger partial charge in [-0.3, -0.25) is 0 Å². The smallest absolute Gasteiger partial charge is 0.221 e. The maximum Gasteiger partial charge on any atom is 0.221 e. The van der Waals surface area contributed by atoms with Gasteiger partial charge in [-0.2, -0.15) is 0 Å². The van der Waals surface area contributed by atoms with Gasteiger partial charge in [-0.25, -0.2) is 0 Å². The molecular weight excluding hydrogens is 372 g/mol. The van der Waals surface area contributed by atoms with Crippen LogP contribution in [0.4, 0.5) is 0 Å². The zero-order chi connectivity index (χ0) is 21.4. The summed E-state index contributed by atoms with van der Waals surface area (Å²) >= 11 is 0. The average Bonchev–Trinajstić information content (AvgIpc) is 2.97. The fraction of sp³-hybridized carbons (Fsp3) is 0.826. The molecule has 1 fully saturated rings. The molecule has 170 valence electrons. The van der Waals surface area contributed by atoms with E-state index in [0.29, 0.717) is 13.2 Å². The second kappa shape index (κ2) is 16.0. The van der Waals surface area contributed by atoms with Crippen molar-refractivity contribution in [2.45, 2.75) is 89.3 Å². The minimum absolute atomic E-state index is 0.0366. The second-order valence-corrected chi connectivity index (χ2v) is 7.59. The number of allylic oxidation sites excluding steroid dienone is 2. The topological polar surface area (TPSA) is 77.4 Å². The van der Waals surface area contributed by atoms with Crippen molar-refractivity contribution < 1.29 is 29.2 Å². The van der Waals surface area contributed by atoms with Gasteiger partial charge in [-0.05, 0) is 25.7 Å². The van der Waals surface area contributed by atoms with Gasteiger partial charge in [-0.15, -0.1) is 0 Å². The highest BCUT2D eigenvalue weighted by Gasteiger charge is 2.55. The molecule has 0 radical (unpaired) electrons. The Morgan fingerprint density at radius 2 is 1.45 bits per heavy atom. The maximum absolute atomic E-state index is 10.4. The number of ether oxygens (including phenoxy) is 4. The summed E-state index contributed by atoms with van der Waals surface area (Å²) in [6.07, 6.45) is 14.6. The number of methoxy groups -OCH3 is 1. The van der Waals surface area contributed by atoms with Crippen LogP contribution in [0.25, 0.3) is 0 Å². The Bertz CT molecular complexity index is 453. The highest BCUT2D eigenvalue weighted by molar-refractivity contribution is 4.97. The van der Waals surface area contributed by atoms with Crippen LogP contribution in [-0.2, 0) is 18.9 Å². The lowest BCUT2D eigenvalue weighted by Gasteiger charge is -2.30. The molecule has 1 aliphatic heterocycles. The number of hydrogen-bond acceptors (Lipinski definition) is 6. The molecule has 0 bridgehead atoms. The monoisotopic (exact) mass is 414 g/mol. The van der Waals surface area contributed by atoms with Crippen LogP contribution < -0.4 is 0 Å². The van der Waals surface area contributed by atoms with Crippen LogP contribution in [0.15, 0.2) is 24.3 Å². The third-order valence-corrected chi connectivity index (χ3v) is 5.15. The number of hydrogen-bond donors (Lipinski definition) is 2. The Hall–Kier alpha value is -0.760. The van der Waals surface area contributed by atoms with E-state index in [1.165, 1.54) is 45.6 Å². The summed E-state index contributed by atoms with van der Waals surface area (Å²) in [4.78, 5) is 0. The fourth-order valence-electron chi connectivity index (χ4n) is 3.26. The first kappa shape index (κ1) is 26.3. The molecule has 1 rings (SSSR count). The van der Waals surface area contributed by atoms with Crippen LogP contribution in [-0.4, -0.2) is 67.8 Å². The van der Waals surface area contributed by atoms with E-state index in [9.17, 15) is 10.2 Å². The number of unbranched alkanes of at least 4 members (excludes halogenated alkanes) is 6. The van der Waals surface area contributed by atoms with Crippen LogP contribution in [0.3, 0.4) is 0 Å². The maximum atomic E-state index is 10.4. The van der Waals surface area contributed by atoms with Gasteiger partial charge in [0.2, 0.25) is 5.79 Å². The lowest BCUT2D eigenvalue weighted by Crippen LogP contribution is -2.48. The largest absolute Gasteiger partial charge is 0.387 e. The standard InChI is InChI=1S/C23H42O6/c1-4-6-8-10-12-14-16-27-18-20-21(24)22(25)23(26-3,29-20)19-28-17-15-13-11-9-7-5-2/h12-15,20-22,24-25H,4-11,16-19H2,1-3H3/b14-12-,15-13-/t20-,21-,22+,23+/m1/s1. The number of aliphatic hydroxyl groups is 2. The van der Waals surface area contributed by atoms with E-state index in [1.54, 1.807) is 0 Å². The normalized spacial score (nSPS) is 27.6. The quantitative estimate of drug-likeness (QED) is 0.279. The van der Waals surface area contributed by atoms with Crippen molar-refractivity contribution in [3.63, 3.8) is 0 Å². The van der Waals surface area contributed by atoms with Gasteiger partial charge in [0.1, 0.15) is 24.9 Å². The van der Waals surface area contributed by atoms with Crippen molar-refractivity contribution in [3.8, 4) is 0 Å². The van der Waals surface area contributed by atoms with Gasteiger partial charge in [0, 0.05) is 7.11 Å². The minimum Gasteiger partial charge on any atom is -0.387 e. The molecular formula is C23H42O6. The highest BCUT2D eigenvalue weighted by Crippen LogP contribution is 2.32. The Morgan fingerprint density at radius 1 is 0.862 bits per heavy atom. The summed E-state index contributed by atoms with van der Waals surface area (Å²) in [5, 5.41) is 20.8. The third-order valence-electron chi connectivity index (χ3n) is 5.15. The minimum atomic E-state index is -1.38. The molecule has 1 aliphatic rings. The lowest BCUT2D eigenvalue weighted by atomic mass is 10.1. The van der Waals surface area contributed by atoms with Crippen LogP contribution >= 0.6 is 0 Å². The van der Waals surface area contributed by atoms with E-state index in [2.05, 4.69) is 26.0 Å². The molecule has 0 aromatic carbocycles. The van der Waals surface area contributed by atoms with Crippen LogP contribution in [0.2, 0.25) is 0 Å². The predicted molar refractivity (Wildman–Crippen MR) is 115 cm³/mol. The first-order chi connectivity index (χ1) is 14.1. The molecule has 0 aromatic heterocycles. The predicted octanol–water partition coefficient (Wildman–Crippen LogP) is 3.76. The zero-order valence-electron chi connectivity index (χ0n) is 18.6. The van der Waals surface area contributed by atoms with Crippen molar-refractivity contribution >= 4 is 0 Å². The Kier molecular flexibility index (Phi) is 14.5. The molecule has 0 unspecified atom stereocenters. The van der Waals surface area contributed by atoms with Gasteiger partial charge in [-0.1, -0.05) is 63.8 Å². The fourth-order valence-corrected chi connectivity index (χ4v) is 3.26. The molecule has 29 heavy (non-hydrogen) atoms. The van der Waals surface area contributed by atoms with Crippen molar-refractivity contribution in [2.75, 3.05) is 33.5 Å². The van der Waals surface area contributed by atoms with Crippen LogP contribution in [0.5, 0.6) is 0 Å². The molecule has 0 saturated carbocycles. The summed E-state index contributed by atoms with van der Waals surface area (Å²) < 4.78 is 22.4. The molecule has 6 heteroatoms. The summed E-state index contributed by atoms with van der Waals surface area (Å²) in [6, 6.07) is 0. The molecule has 6 nitrogen and oxygen atoms in total. The van der Waals surface area contributed by atoms with Gasteiger partial charge in [0.05, 0.1) is 19.8 Å². The van der Waals surface area contributed by atoms with Gasteiger partial charge >= 0.3 is 0 Å². The van der Waals surface area contributed by atoms with Gasteiger partial charge in [0.15, 0.2) is 0 Å². The Labute approximate surface area is 176 Å². The van der Waals surface area contributed by atoms with Crippen LogP contribution in [0.1, 0.15) is 65.2 Å². The second-order valence-electron chi connectivity index (χ2n) is 7.59. The Balaban J connectivity index is 2.33. The highest BCUT2D eigenvalue weighted by atomic mass is 16.7. The molecule has 1 heterocycles. The van der Waals surface area contributed by atoms with E-state index in [0.717, 1.165) is 12.8 Å². The van der Waals surface area contributed by atoms with Gasteiger partial charge < -0.3 is 29.2 Å². The molecule has 0 spiro atoms. The summed E-state index contributed by atoms with van der Waals surface area (Å²) in [7, 11) is 1.45. The SMILES string of the molecule is CCCCC/C=C\COC[C@H]1O[C@](COC/C=C\CCCCC)(OC)[C@@H](O)[C@@H]1O. The van der Waals surface area contributed by atoms with E-state index in [1.807, 2.05) is 12.2 Å². The number of aliphatic hydroxyl groups excluding tert-OH is 2. The van der Waals surface area contributed by atoms with Crippen molar-refractivity contribution in [1.82, 2.24) is 0 Å². The Morgan fingerprint density at radius 3 is 2.00 bits per heavy atom. The molecule has 0 amide bonds. The molecule has 0 aromatic rings. The lowest BCUT2D eigenvalue weighted by molar-refractivity contribution is -0.269. The average molecular weight is 415 g/mol. The molecule has 4 atom stereocenters. The summed E-state index contributed by atoms with van der Waals surface area (Å²) in [5.74, 6) is -1.38. The van der Waals surface area contributed by atoms with Gasteiger partial charge in [0.25, 0.3) is 0 Å². The van der Waals surface area contributed by atoms with E-state index >= 15 is 0 Å². The van der Waals surface area contributed by atoms with Crippen LogP contribution in [0, 0.1) is 0 Å². The summed E-state index contributed by atoms with van der Waals surface area (Å²) in [6.45, 7) is 5.45. The van der Waals surface area contributed by atoms with Crippen molar-refractivity contribution in [1.29, 1.82) is 0 Å². The summed E-state index contributed by atoms with van der Waals surface area (Å²) in [5.41, 5.74) is 0. The van der Waals surface area contributed by atoms with E-state index in [-0.39, 0.29) is 13.2 Å².